The van der Waals surface area contributed by atoms with Gasteiger partial charge in [-0.3, -0.25) is 9.78 Å². The molecule has 1 amide bonds. The summed E-state index contributed by atoms with van der Waals surface area (Å²) in [6.07, 6.45) is 7.41. The molecule has 0 radical (unpaired) electrons. The first kappa shape index (κ1) is 17.3. The molecular formula is C20H25N3O2. The predicted octanol–water partition coefficient (Wildman–Crippen LogP) is 4.20. The highest BCUT2D eigenvalue weighted by molar-refractivity contribution is 5.93. The molecule has 5 heteroatoms. The van der Waals surface area contributed by atoms with E-state index in [0.29, 0.717) is 5.69 Å². The van der Waals surface area contributed by atoms with Gasteiger partial charge in [-0.25, -0.2) is 0 Å². The smallest absolute Gasteiger partial charge is 0.270 e. The first-order valence-electron chi connectivity index (χ1n) is 8.84. The monoisotopic (exact) mass is 339 g/mol. The fourth-order valence-corrected chi connectivity index (χ4v) is 3.21. The van der Waals surface area contributed by atoms with Gasteiger partial charge in [-0.1, -0.05) is 25.3 Å². The number of aromatic nitrogens is 1. The van der Waals surface area contributed by atoms with Gasteiger partial charge in [0.2, 0.25) is 0 Å². The van der Waals surface area contributed by atoms with Crippen molar-refractivity contribution in [3.63, 3.8) is 0 Å². The van der Waals surface area contributed by atoms with Crippen molar-refractivity contribution in [3.8, 4) is 5.75 Å². The van der Waals surface area contributed by atoms with E-state index in [-0.39, 0.29) is 11.9 Å². The van der Waals surface area contributed by atoms with Crippen LogP contribution in [-0.4, -0.2) is 24.0 Å². The molecule has 0 aliphatic heterocycles. The van der Waals surface area contributed by atoms with Gasteiger partial charge in [-0.15, -0.1) is 0 Å². The molecule has 1 heterocycles. The number of nitrogens with one attached hydrogen (secondary N) is 2. The number of amides is 1. The molecule has 1 aliphatic carbocycles. The van der Waals surface area contributed by atoms with Crippen LogP contribution >= 0.6 is 0 Å². The molecule has 1 aromatic heterocycles. The van der Waals surface area contributed by atoms with Crippen LogP contribution in [0, 0.1) is 6.92 Å². The average molecular weight is 339 g/mol. The molecule has 0 bridgehead atoms. The van der Waals surface area contributed by atoms with Crippen LogP contribution in [0.4, 0.5) is 11.4 Å². The minimum atomic E-state index is -0.105. The number of hydrogen-bond donors (Lipinski definition) is 2. The van der Waals surface area contributed by atoms with Gasteiger partial charge in [-0.05, 0) is 49.6 Å². The topological polar surface area (TPSA) is 63.2 Å². The Morgan fingerprint density at radius 2 is 1.96 bits per heavy atom. The maximum atomic E-state index is 12.5. The van der Waals surface area contributed by atoms with Gasteiger partial charge in [-0.2, -0.15) is 0 Å². The molecule has 0 atom stereocenters. The third kappa shape index (κ3) is 4.50. The Morgan fingerprint density at radius 1 is 1.16 bits per heavy atom. The van der Waals surface area contributed by atoms with Crippen LogP contribution in [0.1, 0.15) is 48.2 Å². The highest BCUT2D eigenvalue weighted by Crippen LogP contribution is 2.28. The van der Waals surface area contributed by atoms with E-state index >= 15 is 0 Å². The molecule has 132 valence electrons. The molecule has 1 saturated carbocycles. The Hall–Kier alpha value is -2.56. The quantitative estimate of drug-likeness (QED) is 0.857. The number of carbonyl (C=O) groups excluding carboxylic acids is 1. The van der Waals surface area contributed by atoms with Crippen molar-refractivity contribution in [1.82, 2.24) is 10.3 Å². The van der Waals surface area contributed by atoms with E-state index in [1.807, 2.05) is 31.2 Å². The van der Waals surface area contributed by atoms with E-state index in [1.165, 1.54) is 19.3 Å². The van der Waals surface area contributed by atoms with Gasteiger partial charge in [0.15, 0.2) is 0 Å². The molecular weight excluding hydrogens is 314 g/mol. The van der Waals surface area contributed by atoms with E-state index in [1.54, 1.807) is 19.4 Å². The van der Waals surface area contributed by atoms with Crippen molar-refractivity contribution in [3.05, 3.63) is 47.8 Å². The summed E-state index contributed by atoms with van der Waals surface area (Å²) < 4.78 is 5.39. The molecule has 0 spiro atoms. The van der Waals surface area contributed by atoms with Crippen LogP contribution in [0.15, 0.2) is 36.5 Å². The fourth-order valence-electron chi connectivity index (χ4n) is 3.21. The van der Waals surface area contributed by atoms with Crippen LogP contribution in [0.5, 0.6) is 5.75 Å². The molecule has 2 aromatic rings. The number of nitrogens with zero attached hydrogens (tertiary/aromatic N) is 1. The lowest BCUT2D eigenvalue weighted by Crippen LogP contribution is -2.36. The summed E-state index contributed by atoms with van der Waals surface area (Å²) in [5, 5.41) is 6.42. The Bertz CT molecular complexity index is 739. The van der Waals surface area contributed by atoms with Gasteiger partial charge in [0.1, 0.15) is 11.4 Å². The number of hydrogen-bond acceptors (Lipinski definition) is 4. The summed E-state index contributed by atoms with van der Waals surface area (Å²) in [6, 6.07) is 9.84. The second-order valence-corrected chi connectivity index (χ2v) is 6.57. The molecule has 1 aliphatic rings. The summed E-state index contributed by atoms with van der Waals surface area (Å²) in [6.45, 7) is 2.03. The molecule has 1 fully saturated rings. The van der Waals surface area contributed by atoms with Crippen LogP contribution in [0.25, 0.3) is 0 Å². The second-order valence-electron chi connectivity index (χ2n) is 6.57. The van der Waals surface area contributed by atoms with E-state index in [9.17, 15) is 4.79 Å². The SMILES string of the molecule is COc1ccc(C)cc1Nc1ccnc(C(=O)NC2CCCCC2)c1. The number of methoxy groups -OCH3 is 1. The molecule has 1 aromatic carbocycles. The lowest BCUT2D eigenvalue weighted by atomic mass is 9.95. The first-order chi connectivity index (χ1) is 12.2. The first-order valence-corrected chi connectivity index (χ1v) is 8.84. The molecule has 0 unspecified atom stereocenters. The number of benzene rings is 1. The summed E-state index contributed by atoms with van der Waals surface area (Å²) in [7, 11) is 1.64. The van der Waals surface area contributed by atoms with Gasteiger partial charge >= 0.3 is 0 Å². The molecule has 5 nitrogen and oxygen atoms in total. The van der Waals surface area contributed by atoms with Gasteiger partial charge in [0, 0.05) is 17.9 Å². The molecule has 2 N–H and O–H groups in total. The lowest BCUT2D eigenvalue weighted by molar-refractivity contribution is 0.0922. The van der Waals surface area contributed by atoms with Gasteiger partial charge in [0.25, 0.3) is 5.91 Å². The normalized spacial score (nSPS) is 14.8. The third-order valence-electron chi connectivity index (χ3n) is 4.57. The van der Waals surface area contributed by atoms with E-state index in [2.05, 4.69) is 15.6 Å². The second kappa shape index (κ2) is 8.01. The van der Waals surface area contributed by atoms with Crippen molar-refractivity contribution in [2.75, 3.05) is 12.4 Å². The highest BCUT2D eigenvalue weighted by atomic mass is 16.5. The fraction of sp³-hybridized carbons (Fsp3) is 0.400. The third-order valence-corrected chi connectivity index (χ3v) is 4.57. The summed E-state index contributed by atoms with van der Waals surface area (Å²) >= 11 is 0. The number of pyridine rings is 1. The maximum Gasteiger partial charge on any atom is 0.270 e. The molecule has 3 rings (SSSR count). The average Bonchev–Trinajstić information content (AvgIpc) is 2.63. The molecule has 0 saturated heterocycles. The number of rotatable bonds is 5. The maximum absolute atomic E-state index is 12.5. The minimum Gasteiger partial charge on any atom is -0.495 e. The zero-order valence-electron chi connectivity index (χ0n) is 14.8. The molecule has 25 heavy (non-hydrogen) atoms. The van der Waals surface area contributed by atoms with Gasteiger partial charge in [0.05, 0.1) is 12.8 Å². The van der Waals surface area contributed by atoms with E-state index in [4.69, 9.17) is 4.74 Å². The Kier molecular flexibility index (Phi) is 5.53. The Balaban J connectivity index is 1.73. The van der Waals surface area contributed by atoms with Crippen LogP contribution in [0.3, 0.4) is 0 Å². The van der Waals surface area contributed by atoms with Crippen LogP contribution < -0.4 is 15.4 Å². The summed E-state index contributed by atoms with van der Waals surface area (Å²) in [5.74, 6) is 0.655. The Labute approximate surface area is 148 Å². The van der Waals surface area contributed by atoms with Crippen LogP contribution in [0.2, 0.25) is 0 Å². The van der Waals surface area contributed by atoms with Gasteiger partial charge < -0.3 is 15.4 Å². The number of anilines is 2. The summed E-state index contributed by atoms with van der Waals surface area (Å²) in [5.41, 5.74) is 3.25. The highest BCUT2D eigenvalue weighted by Gasteiger charge is 2.17. The predicted molar refractivity (Wildman–Crippen MR) is 99.6 cm³/mol. The summed E-state index contributed by atoms with van der Waals surface area (Å²) in [4.78, 5) is 16.7. The lowest BCUT2D eigenvalue weighted by Gasteiger charge is -2.22. The van der Waals surface area contributed by atoms with Crippen molar-refractivity contribution in [1.29, 1.82) is 0 Å². The van der Waals surface area contributed by atoms with Crippen molar-refractivity contribution in [2.45, 2.75) is 45.1 Å². The van der Waals surface area contributed by atoms with E-state index in [0.717, 1.165) is 35.5 Å². The Morgan fingerprint density at radius 3 is 2.72 bits per heavy atom. The number of ether oxygens (including phenoxy) is 1. The number of carbonyl (C=O) groups is 1. The van der Waals surface area contributed by atoms with Crippen molar-refractivity contribution >= 4 is 17.3 Å². The standard InChI is InChI=1S/C20H25N3O2/c1-14-8-9-19(25-2)17(12-14)22-16-10-11-21-18(13-16)20(24)23-15-6-4-3-5-7-15/h8-13,15H,3-7H2,1-2H3,(H,21,22)(H,23,24). The largest absolute Gasteiger partial charge is 0.495 e. The zero-order chi connectivity index (χ0) is 17.6. The van der Waals surface area contributed by atoms with Crippen molar-refractivity contribution in [2.24, 2.45) is 0 Å². The number of aryl methyl sites for hydroxylation is 1. The minimum absolute atomic E-state index is 0.105. The van der Waals surface area contributed by atoms with Crippen molar-refractivity contribution < 1.29 is 9.53 Å². The zero-order valence-corrected chi connectivity index (χ0v) is 14.8. The van der Waals surface area contributed by atoms with Crippen LogP contribution in [-0.2, 0) is 0 Å². The van der Waals surface area contributed by atoms with E-state index < -0.39 is 0 Å².